The van der Waals surface area contributed by atoms with E-state index in [9.17, 15) is 9.60 Å². The van der Waals surface area contributed by atoms with Gasteiger partial charge in [-0.2, -0.15) is 0 Å². The largest absolute Gasteiger partial charge is 0.291 e. The standard InChI is InChI=1S/C23H32FN3O/c1-4-18(21(5-2)26-28)16-25-23(15-17(23)3)27-22(12-7-6-8-13-22)19-10-9-11-20(24)14-19/h4-5,9-11,14,16-17,26-28H,6-8,12-13,15H2,1-3H3/b18-4+,21-5?,25-16-/t17?,23-/m0/s1. The molecular weight excluding hydrogens is 353 g/mol. The third-order valence-electron chi connectivity index (χ3n) is 6.28. The van der Waals surface area contributed by atoms with Crippen LogP contribution in [-0.2, 0) is 5.54 Å². The third-order valence-corrected chi connectivity index (χ3v) is 6.28. The lowest BCUT2D eigenvalue weighted by Crippen LogP contribution is -2.50. The molecule has 28 heavy (non-hydrogen) atoms. The van der Waals surface area contributed by atoms with E-state index in [1.807, 2.05) is 38.3 Å². The van der Waals surface area contributed by atoms with Crippen LogP contribution in [0.1, 0.15) is 64.9 Å². The molecule has 0 saturated heterocycles. The SMILES string of the molecule is CC=C(NO)C(/C=N\[C@]1(NC2(c3cccc(F)c3)CCCCC2)CC1C)=C/C. The second-order valence-corrected chi connectivity index (χ2v) is 8.12. The third kappa shape index (κ3) is 4.20. The summed E-state index contributed by atoms with van der Waals surface area (Å²) in [5.41, 5.74) is 4.15. The van der Waals surface area contributed by atoms with Gasteiger partial charge in [-0.1, -0.05) is 50.5 Å². The summed E-state index contributed by atoms with van der Waals surface area (Å²) >= 11 is 0. The van der Waals surface area contributed by atoms with E-state index in [0.29, 0.717) is 11.6 Å². The van der Waals surface area contributed by atoms with Crippen molar-refractivity contribution in [3.8, 4) is 0 Å². The molecular formula is C23H32FN3O. The molecule has 3 N–H and O–H groups in total. The predicted octanol–water partition coefficient (Wildman–Crippen LogP) is 5.21. The smallest absolute Gasteiger partial charge is 0.123 e. The summed E-state index contributed by atoms with van der Waals surface area (Å²) in [5, 5.41) is 13.2. The van der Waals surface area contributed by atoms with E-state index in [1.54, 1.807) is 12.1 Å². The maximum Gasteiger partial charge on any atom is 0.123 e. The first-order valence-corrected chi connectivity index (χ1v) is 10.3. The van der Waals surface area contributed by atoms with Crippen LogP contribution < -0.4 is 10.8 Å². The average Bonchev–Trinajstić information content (AvgIpc) is 3.34. The molecule has 1 aromatic carbocycles. The molecule has 1 unspecified atom stereocenters. The Morgan fingerprint density at radius 2 is 1.93 bits per heavy atom. The lowest BCUT2D eigenvalue weighted by atomic mass is 9.76. The summed E-state index contributed by atoms with van der Waals surface area (Å²) in [5.74, 6) is 0.221. The van der Waals surface area contributed by atoms with Crippen LogP contribution in [0.5, 0.6) is 0 Å². The van der Waals surface area contributed by atoms with Crippen molar-refractivity contribution in [1.82, 2.24) is 10.8 Å². The van der Waals surface area contributed by atoms with Crippen LogP contribution in [0.4, 0.5) is 4.39 Å². The van der Waals surface area contributed by atoms with E-state index >= 15 is 0 Å². The molecule has 0 aliphatic heterocycles. The number of hydroxylamine groups is 1. The topological polar surface area (TPSA) is 56.6 Å². The quantitative estimate of drug-likeness (QED) is 0.343. The second-order valence-electron chi connectivity index (χ2n) is 8.12. The number of halogens is 1. The van der Waals surface area contributed by atoms with Gasteiger partial charge in [0.1, 0.15) is 11.5 Å². The number of hydrogen-bond acceptors (Lipinski definition) is 4. The Morgan fingerprint density at radius 1 is 1.21 bits per heavy atom. The number of rotatable bonds is 7. The highest BCUT2D eigenvalue weighted by atomic mass is 19.1. The Balaban J connectivity index is 1.90. The van der Waals surface area contributed by atoms with E-state index in [0.717, 1.165) is 43.2 Å². The molecule has 1 aromatic rings. The van der Waals surface area contributed by atoms with Gasteiger partial charge >= 0.3 is 0 Å². The summed E-state index contributed by atoms with van der Waals surface area (Å²) in [6.07, 6.45) is 12.0. The van der Waals surface area contributed by atoms with Gasteiger partial charge in [-0.25, -0.2) is 4.39 Å². The van der Waals surface area contributed by atoms with E-state index in [4.69, 9.17) is 4.99 Å². The molecule has 0 bridgehead atoms. The molecule has 2 aliphatic carbocycles. The van der Waals surface area contributed by atoms with E-state index in [-0.39, 0.29) is 17.0 Å². The fourth-order valence-corrected chi connectivity index (χ4v) is 4.42. The minimum Gasteiger partial charge on any atom is -0.291 e. The van der Waals surface area contributed by atoms with Gasteiger partial charge in [0.15, 0.2) is 0 Å². The molecule has 0 aromatic heterocycles. The minimum atomic E-state index is -0.341. The van der Waals surface area contributed by atoms with Gasteiger partial charge in [-0.15, -0.1) is 0 Å². The normalized spacial score (nSPS) is 27.8. The van der Waals surface area contributed by atoms with Crippen molar-refractivity contribution in [1.29, 1.82) is 0 Å². The average molecular weight is 386 g/mol. The Morgan fingerprint density at radius 3 is 2.46 bits per heavy atom. The van der Waals surface area contributed by atoms with Crippen LogP contribution in [0, 0.1) is 11.7 Å². The van der Waals surface area contributed by atoms with Crippen LogP contribution in [0.3, 0.4) is 0 Å². The predicted molar refractivity (Wildman–Crippen MR) is 112 cm³/mol. The maximum atomic E-state index is 14.0. The minimum absolute atomic E-state index is 0.186. The van der Waals surface area contributed by atoms with Crippen LogP contribution in [0.25, 0.3) is 0 Å². The Labute approximate surface area is 167 Å². The molecule has 0 spiro atoms. The van der Waals surface area contributed by atoms with E-state index in [1.165, 1.54) is 12.5 Å². The zero-order valence-corrected chi connectivity index (χ0v) is 17.1. The van der Waals surface area contributed by atoms with Crippen molar-refractivity contribution in [3.63, 3.8) is 0 Å². The Bertz CT molecular complexity index is 780. The van der Waals surface area contributed by atoms with Crippen LogP contribution in [0.2, 0.25) is 0 Å². The van der Waals surface area contributed by atoms with Gasteiger partial charge in [0.25, 0.3) is 0 Å². The molecule has 2 fully saturated rings. The number of aliphatic imine (C=N–C) groups is 1. The van der Waals surface area contributed by atoms with Gasteiger partial charge in [0.05, 0.1) is 5.70 Å². The number of nitrogens with zero attached hydrogens (tertiary/aromatic N) is 1. The maximum absolute atomic E-state index is 14.0. The van der Waals surface area contributed by atoms with Crippen LogP contribution >= 0.6 is 0 Å². The van der Waals surface area contributed by atoms with Crippen molar-refractivity contribution >= 4 is 6.21 Å². The fourth-order valence-electron chi connectivity index (χ4n) is 4.42. The van der Waals surface area contributed by atoms with Crippen LogP contribution in [0.15, 0.2) is 52.7 Å². The van der Waals surface area contributed by atoms with E-state index < -0.39 is 0 Å². The van der Waals surface area contributed by atoms with Crippen molar-refractivity contribution in [3.05, 3.63) is 59.1 Å². The summed E-state index contributed by atoms with van der Waals surface area (Å²) in [7, 11) is 0. The summed E-state index contributed by atoms with van der Waals surface area (Å²) < 4.78 is 14.0. The number of allylic oxidation sites excluding steroid dienone is 3. The lowest BCUT2D eigenvalue weighted by Gasteiger charge is -2.41. The molecule has 0 radical (unpaired) electrons. The van der Waals surface area contributed by atoms with Crippen molar-refractivity contribution in [2.45, 2.75) is 70.5 Å². The van der Waals surface area contributed by atoms with Crippen molar-refractivity contribution in [2.75, 3.05) is 0 Å². The first kappa shape index (κ1) is 20.7. The van der Waals surface area contributed by atoms with E-state index in [2.05, 4.69) is 17.7 Å². The van der Waals surface area contributed by atoms with Crippen LogP contribution in [-0.4, -0.2) is 17.1 Å². The molecule has 2 aliphatic rings. The molecule has 152 valence electrons. The Hall–Kier alpha value is -1.98. The molecule has 0 amide bonds. The highest BCUT2D eigenvalue weighted by Crippen LogP contribution is 2.50. The monoisotopic (exact) mass is 385 g/mol. The molecule has 2 saturated carbocycles. The molecule has 4 nitrogen and oxygen atoms in total. The summed E-state index contributed by atoms with van der Waals surface area (Å²) in [6.45, 7) is 5.99. The van der Waals surface area contributed by atoms with Crippen molar-refractivity contribution in [2.24, 2.45) is 10.9 Å². The summed E-state index contributed by atoms with van der Waals surface area (Å²) in [6, 6.07) is 7.02. The number of nitrogens with one attached hydrogen (secondary N) is 2. The molecule has 3 rings (SSSR count). The van der Waals surface area contributed by atoms with Gasteiger partial charge < -0.3 is 0 Å². The zero-order valence-electron chi connectivity index (χ0n) is 17.1. The molecule has 2 atom stereocenters. The molecule has 0 heterocycles. The lowest BCUT2D eigenvalue weighted by molar-refractivity contribution is 0.196. The second kappa shape index (κ2) is 8.58. The highest BCUT2D eigenvalue weighted by Gasteiger charge is 2.55. The highest BCUT2D eigenvalue weighted by molar-refractivity contribution is 5.84. The molecule has 5 heteroatoms. The first-order chi connectivity index (χ1) is 13.5. The van der Waals surface area contributed by atoms with Gasteiger partial charge in [-0.3, -0.25) is 21.0 Å². The zero-order chi connectivity index (χ0) is 20.2. The fraction of sp³-hybridized carbons (Fsp3) is 0.522. The van der Waals surface area contributed by atoms with Gasteiger partial charge in [-0.05, 0) is 56.7 Å². The number of hydrogen-bond donors (Lipinski definition) is 3. The van der Waals surface area contributed by atoms with Crippen molar-refractivity contribution < 1.29 is 9.60 Å². The first-order valence-electron chi connectivity index (χ1n) is 10.3. The summed E-state index contributed by atoms with van der Waals surface area (Å²) in [4.78, 5) is 4.93. The Kier molecular flexibility index (Phi) is 6.36. The van der Waals surface area contributed by atoms with Gasteiger partial charge in [0.2, 0.25) is 0 Å². The number of benzene rings is 1. The van der Waals surface area contributed by atoms with Gasteiger partial charge in [0, 0.05) is 17.3 Å².